The summed E-state index contributed by atoms with van der Waals surface area (Å²) in [5.41, 5.74) is 0. The van der Waals surface area contributed by atoms with Gasteiger partial charge in [-0.05, 0) is 83.5 Å². The molecule has 6 unspecified atom stereocenters. The fourth-order valence-corrected chi connectivity index (χ4v) is 8.59. The summed E-state index contributed by atoms with van der Waals surface area (Å²) in [6.07, 6.45) is 47.6. The number of aliphatic hydroxyl groups excluding tert-OH is 2. The molecule has 1 saturated heterocycles. The lowest BCUT2D eigenvalue weighted by molar-refractivity contribution is -0.301. The van der Waals surface area contributed by atoms with Gasteiger partial charge in [-0.2, -0.15) is 0 Å². The van der Waals surface area contributed by atoms with Crippen LogP contribution >= 0.6 is 0 Å². The second kappa shape index (κ2) is 49.3. The first-order valence-electron chi connectivity index (χ1n) is 29.3. The minimum absolute atomic E-state index is 0.0409. The Kier molecular flexibility index (Phi) is 45.5. The third kappa shape index (κ3) is 39.5. The van der Waals surface area contributed by atoms with Crippen molar-refractivity contribution in [3.05, 3.63) is 60.8 Å². The highest BCUT2D eigenvalue weighted by atomic mass is 16.7. The number of aliphatic carboxylic acids is 1. The lowest BCUT2D eigenvalue weighted by atomic mass is 9.98. The number of carbonyl (C=O) groups is 4. The summed E-state index contributed by atoms with van der Waals surface area (Å²) in [5, 5.41) is 31.4. The van der Waals surface area contributed by atoms with E-state index in [-0.39, 0.29) is 25.9 Å². The van der Waals surface area contributed by atoms with E-state index < -0.39 is 67.3 Å². The molecule has 0 spiro atoms. The van der Waals surface area contributed by atoms with Crippen molar-refractivity contribution in [1.29, 1.82) is 0 Å². The van der Waals surface area contributed by atoms with Gasteiger partial charge >= 0.3 is 23.9 Å². The summed E-state index contributed by atoms with van der Waals surface area (Å²) >= 11 is 0. The van der Waals surface area contributed by atoms with Crippen LogP contribution in [-0.2, 0) is 42.9 Å². The van der Waals surface area contributed by atoms with E-state index in [1.54, 1.807) is 0 Å². The number of ether oxygens (including phenoxy) is 5. The van der Waals surface area contributed by atoms with Gasteiger partial charge in [0, 0.05) is 19.3 Å². The van der Waals surface area contributed by atoms with Crippen LogP contribution in [0.25, 0.3) is 0 Å². The van der Waals surface area contributed by atoms with Crippen molar-refractivity contribution in [2.75, 3.05) is 13.2 Å². The first-order valence-corrected chi connectivity index (χ1v) is 29.3. The average molecular weight is 1030 g/mol. The summed E-state index contributed by atoms with van der Waals surface area (Å²) in [6, 6.07) is 0. The number of aliphatic hydroxyl groups is 2. The van der Waals surface area contributed by atoms with Crippen molar-refractivity contribution in [2.24, 2.45) is 0 Å². The maximum atomic E-state index is 13.1. The molecule has 1 heterocycles. The summed E-state index contributed by atoms with van der Waals surface area (Å²) in [7, 11) is 0. The molecular weight excluding hydrogens is 925 g/mol. The van der Waals surface area contributed by atoms with Crippen LogP contribution in [0.1, 0.15) is 252 Å². The predicted molar refractivity (Wildman–Crippen MR) is 294 cm³/mol. The van der Waals surface area contributed by atoms with Crippen LogP contribution in [-0.4, -0.2) is 89.2 Å². The molecule has 0 saturated carbocycles. The van der Waals surface area contributed by atoms with Crippen LogP contribution in [0, 0.1) is 0 Å². The lowest BCUT2D eigenvalue weighted by Gasteiger charge is -2.40. The van der Waals surface area contributed by atoms with E-state index in [2.05, 4.69) is 81.5 Å². The number of carboxylic acid groups (broad SMARTS) is 1. The van der Waals surface area contributed by atoms with E-state index in [0.717, 1.165) is 103 Å². The molecular formula is C61H104O12. The van der Waals surface area contributed by atoms with Crippen LogP contribution in [0.4, 0.5) is 0 Å². The monoisotopic (exact) mass is 1030 g/mol. The summed E-state index contributed by atoms with van der Waals surface area (Å²) < 4.78 is 28.4. The number of carboxylic acids is 1. The summed E-state index contributed by atoms with van der Waals surface area (Å²) in [6.45, 7) is 5.83. The summed E-state index contributed by atoms with van der Waals surface area (Å²) in [4.78, 5) is 51.1. The Balaban J connectivity index is 2.71. The van der Waals surface area contributed by atoms with Gasteiger partial charge in [-0.3, -0.25) is 14.4 Å². The molecule has 0 bridgehead atoms. The lowest BCUT2D eigenvalue weighted by Crippen LogP contribution is -2.61. The van der Waals surface area contributed by atoms with Crippen molar-refractivity contribution in [3.8, 4) is 0 Å². The van der Waals surface area contributed by atoms with E-state index in [1.165, 1.54) is 89.9 Å². The Labute approximate surface area is 443 Å². The highest BCUT2D eigenvalue weighted by molar-refractivity contribution is 5.74. The Bertz CT molecular complexity index is 1500. The van der Waals surface area contributed by atoms with Gasteiger partial charge < -0.3 is 39.0 Å². The van der Waals surface area contributed by atoms with Gasteiger partial charge in [0.25, 0.3) is 0 Å². The second-order valence-corrected chi connectivity index (χ2v) is 19.9. The van der Waals surface area contributed by atoms with E-state index in [9.17, 15) is 34.5 Å². The number of hydrogen-bond donors (Lipinski definition) is 3. The SMILES string of the molecule is CC/C=C\C/C=C\C/C=C\CCCCCC(=O)OC(COC(=O)CCCCCCCCCCCCCCCCC)COC1OC(C(=O)O)C(O)C(O)C1OC(=O)CCCCCCC/C=C\C/C=C\CCCCC. The van der Waals surface area contributed by atoms with Crippen LogP contribution in [0.3, 0.4) is 0 Å². The topological polar surface area (TPSA) is 175 Å². The molecule has 1 fully saturated rings. The molecule has 0 aliphatic carbocycles. The number of rotatable bonds is 49. The van der Waals surface area contributed by atoms with E-state index >= 15 is 0 Å². The Morgan fingerprint density at radius 1 is 0.466 bits per heavy atom. The molecule has 0 amide bonds. The minimum Gasteiger partial charge on any atom is -0.479 e. The van der Waals surface area contributed by atoms with Gasteiger partial charge in [0.1, 0.15) is 18.8 Å². The molecule has 1 rings (SSSR count). The first-order chi connectivity index (χ1) is 35.6. The van der Waals surface area contributed by atoms with Crippen LogP contribution in [0.2, 0.25) is 0 Å². The maximum Gasteiger partial charge on any atom is 0.335 e. The number of carbonyl (C=O) groups excluding carboxylic acids is 3. The number of hydrogen-bond acceptors (Lipinski definition) is 11. The van der Waals surface area contributed by atoms with E-state index in [1.807, 2.05) is 0 Å². The molecule has 3 N–H and O–H groups in total. The fraction of sp³-hybridized carbons (Fsp3) is 0.770. The quantitative estimate of drug-likeness (QED) is 0.0228. The van der Waals surface area contributed by atoms with Crippen molar-refractivity contribution in [3.63, 3.8) is 0 Å². The maximum absolute atomic E-state index is 13.1. The van der Waals surface area contributed by atoms with Gasteiger partial charge in [0.05, 0.1) is 6.61 Å². The fourth-order valence-electron chi connectivity index (χ4n) is 8.59. The standard InChI is InChI=1S/C61H104O12/c1-4-7-10-13-16-19-22-25-27-30-32-35-38-41-44-47-53(62)69-50-52(71-54(63)48-45-42-39-36-33-29-24-21-18-15-12-9-6-3)51-70-61-59(57(66)56(65)58(73-61)60(67)68)72-55(64)49-46-43-40-37-34-31-28-26-23-20-17-14-11-8-5-2/h9,12,17-18,20-21,26,28-29,33,52,56-59,61,65-66H,4-8,10-11,13-16,19,22-25,27,30-32,34-51H2,1-3H3,(H,67,68)/b12-9-,20-17-,21-18-,28-26-,33-29-. The van der Waals surface area contributed by atoms with Crippen LogP contribution in [0.15, 0.2) is 60.8 Å². The molecule has 73 heavy (non-hydrogen) atoms. The van der Waals surface area contributed by atoms with Crippen LogP contribution < -0.4 is 0 Å². The average Bonchev–Trinajstić information content (AvgIpc) is 3.37. The molecule has 12 heteroatoms. The number of unbranched alkanes of at least 4 members (excludes halogenated alkanes) is 25. The van der Waals surface area contributed by atoms with Crippen LogP contribution in [0.5, 0.6) is 0 Å². The van der Waals surface area contributed by atoms with Crippen molar-refractivity contribution < 1.29 is 58.2 Å². The van der Waals surface area contributed by atoms with Crippen molar-refractivity contribution >= 4 is 23.9 Å². The summed E-state index contributed by atoms with van der Waals surface area (Å²) in [5.74, 6) is -3.17. The molecule has 12 nitrogen and oxygen atoms in total. The molecule has 0 radical (unpaired) electrons. The molecule has 1 aliphatic heterocycles. The van der Waals surface area contributed by atoms with Crippen molar-refractivity contribution in [2.45, 2.75) is 289 Å². The third-order valence-corrected chi connectivity index (χ3v) is 13.1. The van der Waals surface area contributed by atoms with Gasteiger partial charge in [0.15, 0.2) is 24.6 Å². The van der Waals surface area contributed by atoms with Gasteiger partial charge in [-0.15, -0.1) is 0 Å². The first kappa shape index (κ1) is 67.4. The second-order valence-electron chi connectivity index (χ2n) is 19.9. The highest BCUT2D eigenvalue weighted by Crippen LogP contribution is 2.26. The molecule has 420 valence electrons. The Morgan fingerprint density at radius 3 is 1.36 bits per heavy atom. The number of esters is 3. The van der Waals surface area contributed by atoms with E-state index in [0.29, 0.717) is 19.3 Å². The zero-order valence-electron chi connectivity index (χ0n) is 46.1. The minimum atomic E-state index is -1.91. The molecule has 0 aromatic carbocycles. The zero-order valence-corrected chi connectivity index (χ0v) is 46.1. The largest absolute Gasteiger partial charge is 0.479 e. The van der Waals surface area contributed by atoms with Gasteiger partial charge in [-0.25, -0.2) is 4.79 Å². The van der Waals surface area contributed by atoms with E-state index in [4.69, 9.17) is 23.7 Å². The van der Waals surface area contributed by atoms with Gasteiger partial charge in [0.2, 0.25) is 0 Å². The third-order valence-electron chi connectivity index (χ3n) is 13.1. The highest BCUT2D eigenvalue weighted by Gasteiger charge is 2.50. The van der Waals surface area contributed by atoms with Crippen molar-refractivity contribution in [1.82, 2.24) is 0 Å². The Morgan fingerprint density at radius 2 is 0.863 bits per heavy atom. The smallest absolute Gasteiger partial charge is 0.335 e. The normalized spacial score (nSPS) is 18.7. The molecule has 6 atom stereocenters. The number of allylic oxidation sites excluding steroid dienone is 10. The zero-order chi connectivity index (χ0) is 53.3. The Hall–Kier alpha value is -3.58. The predicted octanol–water partition coefficient (Wildman–Crippen LogP) is 14.8. The van der Waals surface area contributed by atoms with Gasteiger partial charge in [-0.1, -0.05) is 210 Å². The molecule has 0 aromatic heterocycles. The molecule has 1 aliphatic rings. The molecule has 0 aromatic rings.